The molecule has 0 unspecified atom stereocenters. The second kappa shape index (κ2) is 51.2. The van der Waals surface area contributed by atoms with Gasteiger partial charge in [0.1, 0.15) is 5.82 Å². The minimum Gasteiger partial charge on any atom is -0.379 e. The van der Waals surface area contributed by atoms with Crippen molar-refractivity contribution in [3.63, 3.8) is 0 Å². The Balaban J connectivity index is 0.632. The monoisotopic (exact) mass is 1330 g/mol. The number of anilines is 2. The Labute approximate surface area is 544 Å². The number of carbonyl (C=O) groups is 3. The molecule has 0 bridgehead atoms. The van der Waals surface area contributed by atoms with Crippen molar-refractivity contribution >= 4 is 29.7 Å². The van der Waals surface area contributed by atoms with E-state index in [1.54, 1.807) is 11.1 Å². The van der Waals surface area contributed by atoms with E-state index >= 15 is 0 Å². The van der Waals surface area contributed by atoms with Gasteiger partial charge in [0.05, 0.1) is 229 Å². The van der Waals surface area contributed by atoms with E-state index in [1.165, 1.54) is 12.1 Å². The van der Waals surface area contributed by atoms with Crippen molar-refractivity contribution in [3.8, 4) is 11.3 Å². The number of piperazine rings is 1. The van der Waals surface area contributed by atoms with Crippen molar-refractivity contribution < 1.29 is 103 Å². The number of amides is 3. The standard InChI is InChI=1S/C63H101F3N8O19/c1-53-48-57(59-4-8-70-71-59)61(68-50-53)74-10-5-54(6-11-74)62(77)67-9-17-79-19-21-81-23-25-83-27-29-85-31-33-87-35-37-89-39-41-91-43-45-93-47-46-92-44-42-90-40-38-88-36-34-86-32-30-84-28-26-82-24-22-80-20-18-78-16-7-60(76)73-14-12-72(13-15-73)51-55-2-3-56(69-52-75)49-58(55)63(64,65)66/h2-4,8,48-50,52,54H,5-7,9-47,51H2,1H3,(H,67,77)(H,69,75)(H,70,71). The minimum absolute atomic E-state index is 0.0301. The number of benzene rings is 1. The highest BCUT2D eigenvalue weighted by atomic mass is 19.4. The summed E-state index contributed by atoms with van der Waals surface area (Å²) >= 11 is 0. The van der Waals surface area contributed by atoms with Gasteiger partial charge in [-0.15, -0.1) is 0 Å². The molecule has 528 valence electrons. The fourth-order valence-electron chi connectivity index (χ4n) is 9.41. The molecule has 1 aromatic carbocycles. The molecule has 0 saturated carbocycles. The second-order valence-electron chi connectivity index (χ2n) is 21.2. The number of halogens is 3. The van der Waals surface area contributed by atoms with Crippen molar-refractivity contribution in [1.82, 2.24) is 30.3 Å². The van der Waals surface area contributed by atoms with Crippen LogP contribution in [0.5, 0.6) is 0 Å². The molecule has 4 heterocycles. The molecule has 2 saturated heterocycles. The summed E-state index contributed by atoms with van der Waals surface area (Å²) in [7, 11) is 0. The normalized spacial score (nSPS) is 14.2. The molecule has 3 N–H and O–H groups in total. The van der Waals surface area contributed by atoms with Crippen LogP contribution in [0.3, 0.4) is 0 Å². The Morgan fingerprint density at radius 2 is 0.957 bits per heavy atom. The number of hydrogen-bond donors (Lipinski definition) is 3. The maximum atomic E-state index is 13.6. The van der Waals surface area contributed by atoms with Gasteiger partial charge in [0, 0.05) is 81.9 Å². The number of alkyl halides is 3. The first-order chi connectivity index (χ1) is 45.6. The predicted molar refractivity (Wildman–Crippen MR) is 335 cm³/mol. The first kappa shape index (κ1) is 78.6. The van der Waals surface area contributed by atoms with Crippen LogP contribution in [0.1, 0.15) is 36.0 Å². The van der Waals surface area contributed by atoms with E-state index in [0.29, 0.717) is 244 Å². The maximum Gasteiger partial charge on any atom is 0.416 e. The number of aromatic nitrogens is 3. The Bertz CT molecular complexity index is 2360. The molecule has 30 heteroatoms. The lowest BCUT2D eigenvalue weighted by atomic mass is 9.95. The summed E-state index contributed by atoms with van der Waals surface area (Å²) in [5.74, 6) is 0.882. The lowest BCUT2D eigenvalue weighted by Crippen LogP contribution is -2.48. The zero-order valence-corrected chi connectivity index (χ0v) is 54.2. The number of aromatic amines is 1. The largest absolute Gasteiger partial charge is 0.416 e. The van der Waals surface area contributed by atoms with Crippen LogP contribution in [0.25, 0.3) is 11.3 Å². The van der Waals surface area contributed by atoms with Gasteiger partial charge in [-0.1, -0.05) is 6.07 Å². The van der Waals surface area contributed by atoms with Gasteiger partial charge in [0.15, 0.2) is 0 Å². The zero-order chi connectivity index (χ0) is 65.9. The number of pyridine rings is 1. The number of nitrogens with one attached hydrogen (secondary N) is 3. The van der Waals surface area contributed by atoms with Crippen molar-refractivity contribution in [3.05, 3.63) is 59.4 Å². The summed E-state index contributed by atoms with van der Waals surface area (Å²) in [6.07, 6.45) is 1.12. The third-order valence-corrected chi connectivity index (χ3v) is 14.3. The zero-order valence-electron chi connectivity index (χ0n) is 54.2. The number of piperidine rings is 1. The number of carbonyl (C=O) groups excluding carboxylic acids is 3. The van der Waals surface area contributed by atoms with Crippen molar-refractivity contribution in [2.75, 3.05) is 267 Å². The molecule has 0 aliphatic carbocycles. The highest BCUT2D eigenvalue weighted by Gasteiger charge is 2.35. The summed E-state index contributed by atoms with van der Waals surface area (Å²) in [5.41, 5.74) is 2.43. The number of aryl methyl sites for hydroxylation is 1. The lowest BCUT2D eigenvalue weighted by Gasteiger charge is -2.35. The van der Waals surface area contributed by atoms with Crippen LogP contribution in [0.4, 0.5) is 24.7 Å². The molecule has 0 spiro atoms. The number of nitrogens with zero attached hydrogens (tertiary/aromatic N) is 5. The topological polar surface area (TPSA) is 274 Å². The molecule has 93 heavy (non-hydrogen) atoms. The molecule has 27 nitrogen and oxygen atoms in total. The van der Waals surface area contributed by atoms with Crippen LogP contribution in [0.2, 0.25) is 0 Å². The number of ether oxygens (including phenoxy) is 16. The molecule has 3 amide bonds. The van der Waals surface area contributed by atoms with Crippen LogP contribution in [-0.2, 0) is 103 Å². The SMILES string of the molecule is Cc1cnc(N2CCC(C(=O)NCCOCCOCCOCCOCCOCCOCCOCCOCCOCCOCCOCCOCCOCCOCCOCCOCCC(=O)N3CCN(Cc4ccc(NC=O)cc4C(F)(F)F)CC3)CC2)c(-c2ccn[nH]2)c1. The van der Waals surface area contributed by atoms with E-state index in [1.807, 2.05) is 24.1 Å². The van der Waals surface area contributed by atoms with E-state index in [2.05, 4.69) is 31.8 Å². The van der Waals surface area contributed by atoms with Gasteiger partial charge in [-0.3, -0.25) is 24.4 Å². The average Bonchev–Trinajstić information content (AvgIpc) is 1.74. The molecule has 0 radical (unpaired) electrons. The molecule has 2 aliphatic rings. The summed E-state index contributed by atoms with van der Waals surface area (Å²) in [4.78, 5) is 46.6. The highest BCUT2D eigenvalue weighted by molar-refractivity contribution is 5.79. The summed E-state index contributed by atoms with van der Waals surface area (Å²) in [5, 5.41) is 12.4. The average molecular weight is 1330 g/mol. The van der Waals surface area contributed by atoms with E-state index in [9.17, 15) is 27.6 Å². The Kier molecular flexibility index (Phi) is 43.3. The number of rotatable bonds is 58. The quantitative estimate of drug-likeness (QED) is 0.0537. The third kappa shape index (κ3) is 36.6. The minimum atomic E-state index is -4.56. The first-order valence-electron chi connectivity index (χ1n) is 32.3. The van der Waals surface area contributed by atoms with Gasteiger partial charge in [0.2, 0.25) is 18.2 Å². The van der Waals surface area contributed by atoms with Crippen molar-refractivity contribution in [2.24, 2.45) is 5.92 Å². The second-order valence-corrected chi connectivity index (χ2v) is 21.2. The summed E-state index contributed by atoms with van der Waals surface area (Å²) < 4.78 is 130. The van der Waals surface area contributed by atoms with Crippen LogP contribution >= 0.6 is 0 Å². The van der Waals surface area contributed by atoms with E-state index in [4.69, 9.17) is 80.8 Å². The molecular formula is C63H101F3N8O19. The molecule has 5 rings (SSSR count). The van der Waals surface area contributed by atoms with E-state index < -0.39 is 11.7 Å². The first-order valence-corrected chi connectivity index (χ1v) is 32.3. The van der Waals surface area contributed by atoms with Gasteiger partial charge in [0.25, 0.3) is 0 Å². The Hall–Kier alpha value is -5.10. The Morgan fingerprint density at radius 1 is 0.548 bits per heavy atom. The highest BCUT2D eigenvalue weighted by Crippen LogP contribution is 2.35. The van der Waals surface area contributed by atoms with E-state index in [0.717, 1.165) is 54.6 Å². The van der Waals surface area contributed by atoms with Crippen LogP contribution in [0.15, 0.2) is 42.7 Å². The number of H-pyrrole nitrogens is 1. The third-order valence-electron chi connectivity index (χ3n) is 14.3. The number of hydrogen-bond acceptors (Lipinski definition) is 23. The van der Waals surface area contributed by atoms with Crippen LogP contribution in [0, 0.1) is 12.8 Å². The van der Waals surface area contributed by atoms with Crippen LogP contribution in [-0.4, -0.2) is 300 Å². The van der Waals surface area contributed by atoms with Gasteiger partial charge >= 0.3 is 6.18 Å². The van der Waals surface area contributed by atoms with Gasteiger partial charge < -0.3 is 96.2 Å². The smallest absolute Gasteiger partial charge is 0.379 e. The molecular weight excluding hydrogens is 1230 g/mol. The Morgan fingerprint density at radius 3 is 1.34 bits per heavy atom. The van der Waals surface area contributed by atoms with E-state index in [-0.39, 0.29) is 48.6 Å². The lowest BCUT2D eigenvalue weighted by molar-refractivity contribution is -0.138. The molecule has 2 aromatic heterocycles. The summed E-state index contributed by atoms with van der Waals surface area (Å²) in [6, 6.07) is 7.80. The summed E-state index contributed by atoms with van der Waals surface area (Å²) in [6.45, 7) is 19.8. The van der Waals surface area contributed by atoms with Gasteiger partial charge in [-0.25, -0.2) is 4.98 Å². The molecule has 3 aromatic rings. The van der Waals surface area contributed by atoms with Crippen molar-refractivity contribution in [2.45, 2.75) is 38.9 Å². The molecule has 0 atom stereocenters. The predicted octanol–water partition coefficient (Wildman–Crippen LogP) is 3.70. The fourth-order valence-corrected chi connectivity index (χ4v) is 9.41. The van der Waals surface area contributed by atoms with Crippen molar-refractivity contribution in [1.29, 1.82) is 0 Å². The molecule has 2 fully saturated rings. The van der Waals surface area contributed by atoms with Gasteiger partial charge in [-0.2, -0.15) is 18.3 Å². The maximum absolute atomic E-state index is 13.6. The molecule has 2 aliphatic heterocycles. The van der Waals surface area contributed by atoms with Crippen LogP contribution < -0.4 is 15.5 Å². The van der Waals surface area contributed by atoms with Gasteiger partial charge in [-0.05, 0) is 55.2 Å². The fraction of sp³-hybridized carbons (Fsp3) is 0.730.